The number of hydrogen-bond acceptors (Lipinski definition) is 3. The topological polar surface area (TPSA) is 38.0 Å². The van der Waals surface area contributed by atoms with Crippen molar-refractivity contribution in [3.8, 4) is 0 Å². The van der Waals surface area contributed by atoms with Gasteiger partial charge in [0.2, 0.25) is 0 Å². The quantitative estimate of drug-likeness (QED) is 0.673. The third kappa shape index (κ3) is 2.35. The molecule has 0 aliphatic rings. The van der Waals surface area contributed by atoms with E-state index in [2.05, 4.69) is 51.9 Å². The second-order valence-corrected chi connectivity index (χ2v) is 5.62. The van der Waals surface area contributed by atoms with Crippen LogP contribution in [-0.2, 0) is 0 Å². The maximum absolute atomic E-state index is 5.65. The molecule has 1 aromatic heterocycles. The van der Waals surface area contributed by atoms with Crippen LogP contribution in [0.1, 0.15) is 22.0 Å². The van der Waals surface area contributed by atoms with Gasteiger partial charge in [-0.15, -0.1) is 11.3 Å². The maximum Gasteiger partial charge on any atom is 0.0720 e. The van der Waals surface area contributed by atoms with E-state index in [1.165, 1.54) is 16.0 Å². The van der Waals surface area contributed by atoms with Crippen molar-refractivity contribution in [1.29, 1.82) is 0 Å². The lowest BCUT2D eigenvalue weighted by molar-refractivity contribution is 0.636. The normalized spacial score (nSPS) is 12.7. The van der Waals surface area contributed by atoms with Crippen molar-refractivity contribution >= 4 is 27.3 Å². The van der Waals surface area contributed by atoms with Crippen LogP contribution in [-0.4, -0.2) is 0 Å². The Kier molecular flexibility index (Phi) is 3.76. The number of benzene rings is 1. The van der Waals surface area contributed by atoms with Gasteiger partial charge in [0, 0.05) is 9.35 Å². The van der Waals surface area contributed by atoms with Crippen LogP contribution in [0.25, 0.3) is 0 Å². The van der Waals surface area contributed by atoms with Crippen LogP contribution in [0.5, 0.6) is 0 Å². The van der Waals surface area contributed by atoms with Crippen molar-refractivity contribution in [3.05, 3.63) is 56.2 Å². The molecule has 0 aliphatic carbocycles. The zero-order valence-corrected chi connectivity index (χ0v) is 11.3. The monoisotopic (exact) mass is 296 g/mol. The molecule has 0 saturated heterocycles. The molecule has 0 saturated carbocycles. The molecule has 0 bridgehead atoms. The molecule has 2 aromatic rings. The Bertz CT molecular complexity index is 464. The third-order valence-electron chi connectivity index (χ3n) is 2.58. The fourth-order valence-electron chi connectivity index (χ4n) is 1.72. The largest absolute Gasteiger partial charge is 0.271 e. The van der Waals surface area contributed by atoms with Crippen LogP contribution >= 0.6 is 27.3 Å². The van der Waals surface area contributed by atoms with E-state index in [1.807, 2.05) is 12.1 Å². The fourth-order valence-corrected chi connectivity index (χ4v) is 2.72. The first kappa shape index (κ1) is 11.8. The van der Waals surface area contributed by atoms with Gasteiger partial charge in [0.05, 0.1) is 6.04 Å². The summed E-state index contributed by atoms with van der Waals surface area (Å²) in [5, 5.41) is 2.09. The molecular formula is C12H13BrN2S. The van der Waals surface area contributed by atoms with Crippen LogP contribution in [0.4, 0.5) is 0 Å². The van der Waals surface area contributed by atoms with Crippen molar-refractivity contribution in [1.82, 2.24) is 5.43 Å². The molecule has 0 aliphatic heterocycles. The van der Waals surface area contributed by atoms with E-state index in [4.69, 9.17) is 5.84 Å². The van der Waals surface area contributed by atoms with Crippen LogP contribution in [0.2, 0.25) is 0 Å². The Labute approximate surface area is 108 Å². The molecular weight excluding hydrogens is 284 g/mol. The van der Waals surface area contributed by atoms with Gasteiger partial charge in [-0.2, -0.15) is 0 Å². The Balaban J connectivity index is 2.37. The van der Waals surface area contributed by atoms with Gasteiger partial charge in [-0.1, -0.05) is 28.1 Å². The molecule has 4 heteroatoms. The molecule has 0 fully saturated rings. The first-order valence-electron chi connectivity index (χ1n) is 4.98. The van der Waals surface area contributed by atoms with E-state index >= 15 is 0 Å². The average Bonchev–Trinajstić information content (AvgIpc) is 2.69. The number of hydrogen-bond donors (Lipinski definition) is 2. The smallest absolute Gasteiger partial charge is 0.0720 e. The van der Waals surface area contributed by atoms with Gasteiger partial charge in [0.1, 0.15) is 0 Å². The van der Waals surface area contributed by atoms with E-state index < -0.39 is 0 Å². The third-order valence-corrected chi connectivity index (χ3v) is 3.97. The highest BCUT2D eigenvalue weighted by atomic mass is 79.9. The minimum atomic E-state index is 0.0688. The van der Waals surface area contributed by atoms with E-state index in [-0.39, 0.29) is 6.04 Å². The summed E-state index contributed by atoms with van der Waals surface area (Å²) < 4.78 is 1.08. The molecule has 1 unspecified atom stereocenters. The molecule has 1 aromatic carbocycles. The highest BCUT2D eigenvalue weighted by Crippen LogP contribution is 2.28. The van der Waals surface area contributed by atoms with E-state index in [9.17, 15) is 0 Å². The highest BCUT2D eigenvalue weighted by molar-refractivity contribution is 9.10. The number of hydrazine groups is 1. The van der Waals surface area contributed by atoms with Crippen molar-refractivity contribution in [2.45, 2.75) is 13.0 Å². The molecule has 3 N–H and O–H groups in total. The maximum atomic E-state index is 5.65. The number of aryl methyl sites for hydroxylation is 1. The SMILES string of the molecule is Cc1sccc1C(NN)c1ccc(Br)cc1. The molecule has 0 spiro atoms. The van der Waals surface area contributed by atoms with Gasteiger partial charge in [0.15, 0.2) is 0 Å². The average molecular weight is 297 g/mol. The molecule has 0 amide bonds. The van der Waals surface area contributed by atoms with Crippen LogP contribution in [0.3, 0.4) is 0 Å². The molecule has 0 radical (unpaired) electrons. The summed E-state index contributed by atoms with van der Waals surface area (Å²) >= 11 is 5.17. The number of halogens is 1. The zero-order valence-electron chi connectivity index (χ0n) is 8.91. The van der Waals surface area contributed by atoms with Gasteiger partial charge in [-0.25, -0.2) is 5.43 Å². The predicted molar refractivity (Wildman–Crippen MR) is 72.4 cm³/mol. The first-order chi connectivity index (χ1) is 7.72. The summed E-state index contributed by atoms with van der Waals surface area (Å²) in [5.41, 5.74) is 5.29. The lowest BCUT2D eigenvalue weighted by Gasteiger charge is -2.16. The molecule has 84 valence electrons. The van der Waals surface area contributed by atoms with Crippen LogP contribution < -0.4 is 11.3 Å². The molecule has 2 rings (SSSR count). The summed E-state index contributed by atoms with van der Waals surface area (Å²) in [4.78, 5) is 1.30. The second kappa shape index (κ2) is 5.10. The predicted octanol–water partition coefficient (Wildman–Crippen LogP) is 3.37. The Morgan fingerprint density at radius 3 is 2.44 bits per heavy atom. The number of rotatable bonds is 3. The highest BCUT2D eigenvalue weighted by Gasteiger charge is 2.14. The summed E-state index contributed by atoms with van der Waals surface area (Å²) in [5.74, 6) is 5.65. The minimum absolute atomic E-state index is 0.0688. The van der Waals surface area contributed by atoms with Gasteiger partial charge >= 0.3 is 0 Å². The number of thiophene rings is 1. The lowest BCUT2D eigenvalue weighted by atomic mass is 10.0. The fraction of sp³-hybridized carbons (Fsp3) is 0.167. The Hall–Kier alpha value is -0.680. The van der Waals surface area contributed by atoms with Crippen molar-refractivity contribution in [2.75, 3.05) is 0 Å². The van der Waals surface area contributed by atoms with Crippen LogP contribution in [0, 0.1) is 6.92 Å². The molecule has 2 nitrogen and oxygen atoms in total. The first-order valence-corrected chi connectivity index (χ1v) is 6.65. The van der Waals surface area contributed by atoms with Crippen LogP contribution in [0.15, 0.2) is 40.2 Å². The molecule has 16 heavy (non-hydrogen) atoms. The Morgan fingerprint density at radius 1 is 1.25 bits per heavy atom. The van der Waals surface area contributed by atoms with Crippen molar-refractivity contribution in [3.63, 3.8) is 0 Å². The minimum Gasteiger partial charge on any atom is -0.271 e. The van der Waals surface area contributed by atoms with Crippen molar-refractivity contribution in [2.24, 2.45) is 5.84 Å². The standard InChI is InChI=1S/C12H13BrN2S/c1-8-11(6-7-16-8)12(15-14)9-2-4-10(13)5-3-9/h2-7,12,15H,14H2,1H3. The summed E-state index contributed by atoms with van der Waals surface area (Å²) in [6, 6.07) is 10.4. The van der Waals surface area contributed by atoms with Gasteiger partial charge in [0.25, 0.3) is 0 Å². The van der Waals surface area contributed by atoms with E-state index in [0.717, 1.165) is 4.47 Å². The van der Waals surface area contributed by atoms with Crippen molar-refractivity contribution < 1.29 is 0 Å². The Morgan fingerprint density at radius 2 is 1.94 bits per heavy atom. The number of nitrogens with one attached hydrogen (secondary N) is 1. The van der Waals surface area contributed by atoms with E-state index in [0.29, 0.717) is 0 Å². The molecule has 1 heterocycles. The summed E-state index contributed by atoms with van der Waals surface area (Å²) in [6.45, 7) is 2.11. The van der Waals surface area contributed by atoms with Gasteiger partial charge in [-0.05, 0) is 41.6 Å². The van der Waals surface area contributed by atoms with E-state index in [1.54, 1.807) is 11.3 Å². The van der Waals surface area contributed by atoms with Gasteiger partial charge < -0.3 is 0 Å². The lowest BCUT2D eigenvalue weighted by Crippen LogP contribution is -2.28. The summed E-state index contributed by atoms with van der Waals surface area (Å²) in [7, 11) is 0. The van der Waals surface area contributed by atoms with Gasteiger partial charge in [-0.3, -0.25) is 5.84 Å². The zero-order chi connectivity index (χ0) is 11.5. The second-order valence-electron chi connectivity index (χ2n) is 3.58. The summed E-state index contributed by atoms with van der Waals surface area (Å²) in [6.07, 6.45) is 0. The molecule has 1 atom stereocenters. The number of nitrogens with two attached hydrogens (primary N) is 1.